The topological polar surface area (TPSA) is 142 Å². The Morgan fingerprint density at radius 3 is 2.46 bits per heavy atom. The maximum Gasteiger partial charge on any atom is 0.335 e. The van der Waals surface area contributed by atoms with Crippen LogP contribution in [0.4, 0.5) is 5.69 Å². The Morgan fingerprint density at radius 2 is 1.92 bits per heavy atom. The molecule has 8 nitrogen and oxygen atoms in total. The minimum absolute atomic E-state index is 0.00649. The van der Waals surface area contributed by atoms with E-state index in [2.05, 4.69) is 5.32 Å². The molecule has 9 heteroatoms. The molecule has 0 spiro atoms. The van der Waals surface area contributed by atoms with Gasteiger partial charge in [0.15, 0.2) is 11.5 Å². The number of carbonyl (C=O) groups is 1. The van der Waals surface area contributed by atoms with Gasteiger partial charge in [-0.2, -0.15) is 0 Å². The Kier molecular flexibility index (Phi) is 6.32. The van der Waals surface area contributed by atoms with Crippen molar-refractivity contribution in [2.24, 2.45) is 5.14 Å². The molecule has 2 aromatic carbocycles. The number of nitrogens with two attached hydrogens (primary N) is 1. The van der Waals surface area contributed by atoms with Gasteiger partial charge in [0, 0.05) is 13.0 Å². The molecule has 0 bridgehead atoms. The molecule has 0 aliphatic carbocycles. The van der Waals surface area contributed by atoms with E-state index >= 15 is 0 Å². The highest BCUT2D eigenvalue weighted by Crippen LogP contribution is 2.36. The molecule has 0 radical (unpaired) electrons. The summed E-state index contributed by atoms with van der Waals surface area (Å²) in [6.45, 7) is 1.33. The van der Waals surface area contributed by atoms with Gasteiger partial charge in [0.25, 0.3) is 0 Å². The van der Waals surface area contributed by atoms with Crippen LogP contribution >= 0.6 is 0 Å². The summed E-state index contributed by atoms with van der Waals surface area (Å²) in [5, 5.41) is 36.5. The summed E-state index contributed by atoms with van der Waals surface area (Å²) < 4.78 is 17.7. The number of para-hydroxylation sites is 1. The minimum Gasteiger partial charge on any atom is -0.478 e. The zero-order chi connectivity index (χ0) is 19.3. The fourth-order valence-electron chi connectivity index (χ4n) is 2.15. The van der Waals surface area contributed by atoms with Gasteiger partial charge in [-0.25, -0.2) is 14.1 Å². The van der Waals surface area contributed by atoms with Gasteiger partial charge in [-0.1, -0.05) is 18.2 Å². The number of rotatable bonds is 8. The molecule has 0 fully saturated rings. The first-order valence-electron chi connectivity index (χ1n) is 7.66. The summed E-state index contributed by atoms with van der Waals surface area (Å²) in [6.07, 6.45) is -0.0316. The third-order valence-electron chi connectivity index (χ3n) is 3.40. The Balaban J connectivity index is 2.46. The fraction of sp³-hybridized carbons (Fsp3) is 0.235. The van der Waals surface area contributed by atoms with Gasteiger partial charge < -0.3 is 25.4 Å². The second-order valence-electron chi connectivity index (χ2n) is 5.76. The van der Waals surface area contributed by atoms with Crippen LogP contribution in [0.25, 0.3) is 0 Å². The smallest absolute Gasteiger partial charge is 0.335 e. The van der Waals surface area contributed by atoms with E-state index in [1.54, 1.807) is 30.3 Å². The summed E-state index contributed by atoms with van der Waals surface area (Å²) in [4.78, 5) is 11.3. The lowest BCUT2D eigenvalue weighted by molar-refractivity contribution is -0.146. The van der Waals surface area contributed by atoms with E-state index in [0.717, 1.165) is 0 Å². The van der Waals surface area contributed by atoms with Crippen molar-refractivity contribution < 1.29 is 29.1 Å². The lowest BCUT2D eigenvalue weighted by Gasteiger charge is -2.19. The molecule has 0 amide bonds. The second-order valence-corrected chi connectivity index (χ2v) is 6.80. The van der Waals surface area contributed by atoms with E-state index in [0.29, 0.717) is 5.75 Å². The molecule has 26 heavy (non-hydrogen) atoms. The van der Waals surface area contributed by atoms with Crippen LogP contribution in [0.5, 0.6) is 11.5 Å². The molecule has 0 aliphatic rings. The molecule has 1 unspecified atom stereocenters. The largest absolute Gasteiger partial charge is 0.478 e. The molecular formula is C17H20N2O6S. The van der Waals surface area contributed by atoms with E-state index in [9.17, 15) is 24.3 Å². The van der Waals surface area contributed by atoms with Gasteiger partial charge in [0.05, 0.1) is 16.1 Å². The zero-order valence-corrected chi connectivity index (χ0v) is 14.8. The lowest BCUT2D eigenvalue weighted by atomic mass is 10.1. The SMILES string of the molecule is CC(O)(O)CCNc1cc(C(=O)O)cc(S(N)=O)c1Oc1ccccc1. The van der Waals surface area contributed by atoms with Crippen LogP contribution in [0.1, 0.15) is 23.7 Å². The molecular weight excluding hydrogens is 360 g/mol. The van der Waals surface area contributed by atoms with Crippen molar-refractivity contribution >= 4 is 22.6 Å². The van der Waals surface area contributed by atoms with E-state index in [1.807, 2.05) is 0 Å². The maximum atomic E-state index is 11.9. The van der Waals surface area contributed by atoms with E-state index in [-0.39, 0.29) is 34.9 Å². The summed E-state index contributed by atoms with van der Waals surface area (Å²) in [5.41, 5.74) is 0.101. The Labute approximate surface area is 152 Å². The van der Waals surface area contributed by atoms with Crippen molar-refractivity contribution in [1.82, 2.24) is 0 Å². The molecule has 0 saturated carbocycles. The number of carboxylic acids is 1. The van der Waals surface area contributed by atoms with Crippen LogP contribution < -0.4 is 15.2 Å². The van der Waals surface area contributed by atoms with Gasteiger partial charge in [-0.15, -0.1) is 0 Å². The van der Waals surface area contributed by atoms with Gasteiger partial charge in [0.2, 0.25) is 0 Å². The van der Waals surface area contributed by atoms with E-state index in [1.165, 1.54) is 19.1 Å². The summed E-state index contributed by atoms with van der Waals surface area (Å²) >= 11 is 0. The molecule has 0 saturated heterocycles. The van der Waals surface area contributed by atoms with Gasteiger partial charge in [-0.3, -0.25) is 0 Å². The third-order valence-corrected chi connectivity index (χ3v) is 4.13. The Morgan fingerprint density at radius 1 is 1.27 bits per heavy atom. The first kappa shape index (κ1) is 19.9. The van der Waals surface area contributed by atoms with Crippen LogP contribution in [0.2, 0.25) is 0 Å². The van der Waals surface area contributed by atoms with Gasteiger partial charge in [-0.05, 0) is 31.2 Å². The zero-order valence-electron chi connectivity index (χ0n) is 14.0. The maximum absolute atomic E-state index is 11.9. The van der Waals surface area contributed by atoms with Crippen LogP contribution in [-0.4, -0.2) is 37.8 Å². The number of aromatic carboxylic acids is 1. The van der Waals surface area contributed by atoms with Gasteiger partial charge >= 0.3 is 5.97 Å². The van der Waals surface area contributed by atoms with Crippen molar-refractivity contribution in [2.75, 3.05) is 11.9 Å². The lowest BCUT2D eigenvalue weighted by Crippen LogP contribution is -2.26. The first-order valence-corrected chi connectivity index (χ1v) is 8.88. The first-order chi connectivity index (χ1) is 12.2. The standard InChI is InChI=1S/C17H20N2O6S/c1-17(22,23)7-8-19-13-9-11(16(20)21)10-14(26(18)24)15(13)25-12-5-3-2-4-6-12/h2-6,9-10,19,22-23H,7-8,18H2,1H3,(H,20,21). The number of nitrogens with one attached hydrogen (secondary N) is 1. The van der Waals surface area contributed by atoms with Crippen molar-refractivity contribution in [3.05, 3.63) is 48.0 Å². The van der Waals surface area contributed by atoms with Crippen LogP contribution in [0, 0.1) is 0 Å². The fourth-order valence-corrected chi connectivity index (χ4v) is 2.73. The molecule has 0 heterocycles. The van der Waals surface area contributed by atoms with E-state index < -0.39 is 22.7 Å². The number of aliphatic hydroxyl groups is 2. The molecule has 0 aromatic heterocycles. The number of hydrogen-bond donors (Lipinski definition) is 5. The number of carboxylic acid groups (broad SMARTS) is 1. The summed E-state index contributed by atoms with van der Waals surface area (Å²) in [5.74, 6) is -2.56. The van der Waals surface area contributed by atoms with Gasteiger partial charge in [0.1, 0.15) is 16.7 Å². The minimum atomic E-state index is -2.00. The highest BCUT2D eigenvalue weighted by Gasteiger charge is 2.20. The van der Waals surface area contributed by atoms with Crippen molar-refractivity contribution in [2.45, 2.75) is 24.0 Å². The molecule has 6 N–H and O–H groups in total. The number of anilines is 1. The molecule has 2 aromatic rings. The third kappa shape index (κ3) is 5.53. The average Bonchev–Trinajstić information content (AvgIpc) is 2.55. The molecule has 2 rings (SSSR count). The van der Waals surface area contributed by atoms with Crippen LogP contribution in [0.3, 0.4) is 0 Å². The predicted octanol–water partition coefficient (Wildman–Crippen LogP) is 1.66. The highest BCUT2D eigenvalue weighted by atomic mass is 32.2. The predicted molar refractivity (Wildman–Crippen MR) is 96.5 cm³/mol. The van der Waals surface area contributed by atoms with Crippen molar-refractivity contribution in [3.8, 4) is 11.5 Å². The average molecular weight is 380 g/mol. The summed E-state index contributed by atoms with van der Waals surface area (Å²) in [6, 6.07) is 11.1. The molecule has 0 aliphatic heterocycles. The number of hydrogen-bond acceptors (Lipinski definition) is 6. The second kappa shape index (κ2) is 8.28. The normalized spacial score (nSPS) is 12.5. The highest BCUT2D eigenvalue weighted by molar-refractivity contribution is 7.82. The van der Waals surface area contributed by atoms with E-state index in [4.69, 9.17) is 9.88 Å². The molecule has 140 valence electrons. The number of ether oxygens (including phenoxy) is 1. The van der Waals surface area contributed by atoms with Crippen LogP contribution in [0.15, 0.2) is 47.4 Å². The van der Waals surface area contributed by atoms with Crippen molar-refractivity contribution in [1.29, 1.82) is 0 Å². The molecule has 1 atom stereocenters. The van der Waals surface area contributed by atoms with Crippen LogP contribution in [-0.2, 0) is 11.0 Å². The van der Waals surface area contributed by atoms with Crippen molar-refractivity contribution in [3.63, 3.8) is 0 Å². The Bertz CT molecular complexity index is 805. The quantitative estimate of drug-likeness (QED) is 0.438. The Hall–Kier alpha value is -2.46. The monoisotopic (exact) mass is 380 g/mol. The number of benzene rings is 2. The summed E-state index contributed by atoms with van der Waals surface area (Å²) in [7, 11) is -2.00.